The summed E-state index contributed by atoms with van der Waals surface area (Å²) in [7, 11) is 0. The predicted molar refractivity (Wildman–Crippen MR) is 47.7 cm³/mol. The summed E-state index contributed by atoms with van der Waals surface area (Å²) >= 11 is 0. The molecule has 0 aromatic rings. The second-order valence-corrected chi connectivity index (χ2v) is 3.22. The molecule has 2 heteroatoms. The minimum Gasteiger partial charge on any atom is -0.497 e. The van der Waals surface area contributed by atoms with E-state index < -0.39 is 0 Å². The van der Waals surface area contributed by atoms with Gasteiger partial charge in [0, 0.05) is 12.5 Å². The Balaban J connectivity index is 2.52. The summed E-state index contributed by atoms with van der Waals surface area (Å²) in [5.41, 5.74) is 0. The number of ether oxygens (including phenoxy) is 1. The van der Waals surface area contributed by atoms with E-state index in [1.165, 1.54) is 12.3 Å². The minimum atomic E-state index is 0.123. The molecule has 1 unspecified atom stereocenters. The van der Waals surface area contributed by atoms with Gasteiger partial charge in [0.05, 0.1) is 6.26 Å². The van der Waals surface area contributed by atoms with Crippen molar-refractivity contribution in [3.05, 3.63) is 12.3 Å². The molecule has 0 aliphatic carbocycles. The molecule has 0 bridgehead atoms. The van der Waals surface area contributed by atoms with Crippen LogP contribution < -0.4 is 0 Å². The van der Waals surface area contributed by atoms with Gasteiger partial charge in [-0.25, -0.2) is 0 Å². The summed E-state index contributed by atoms with van der Waals surface area (Å²) in [6.07, 6.45) is 5.90. The Morgan fingerprint density at radius 3 is 2.75 bits per heavy atom. The van der Waals surface area contributed by atoms with Crippen molar-refractivity contribution in [3.8, 4) is 0 Å². The fourth-order valence-electron chi connectivity index (χ4n) is 1.62. The van der Waals surface area contributed by atoms with Gasteiger partial charge in [-0.15, -0.1) is 0 Å². The molecule has 12 heavy (non-hydrogen) atoms. The lowest BCUT2D eigenvalue weighted by atomic mass is 9.92. The number of ketones is 1. The summed E-state index contributed by atoms with van der Waals surface area (Å²) in [5.74, 6) is 0.719. The maximum atomic E-state index is 11.0. The van der Waals surface area contributed by atoms with E-state index in [0.29, 0.717) is 12.3 Å². The van der Waals surface area contributed by atoms with Crippen molar-refractivity contribution in [2.45, 2.75) is 39.2 Å². The number of hydrogen-bond acceptors (Lipinski definition) is 2. The van der Waals surface area contributed by atoms with Crippen molar-refractivity contribution in [2.75, 3.05) is 0 Å². The number of allylic oxidation sites excluding steroid dienone is 1. The maximum absolute atomic E-state index is 11.0. The number of carbonyl (C=O) groups is 1. The number of hydrogen-bond donors (Lipinski definition) is 0. The Kier molecular flexibility index (Phi) is 3.32. The molecule has 1 aliphatic heterocycles. The highest BCUT2D eigenvalue weighted by Gasteiger charge is 2.23. The molecule has 0 amide bonds. The van der Waals surface area contributed by atoms with E-state index in [-0.39, 0.29) is 11.9 Å². The largest absolute Gasteiger partial charge is 0.497 e. The van der Waals surface area contributed by atoms with Crippen molar-refractivity contribution in [1.29, 1.82) is 0 Å². The summed E-state index contributed by atoms with van der Waals surface area (Å²) in [6, 6.07) is 0. The molecule has 0 fully saturated rings. The fourth-order valence-corrected chi connectivity index (χ4v) is 1.62. The van der Waals surface area contributed by atoms with E-state index >= 15 is 0 Å². The average Bonchev–Trinajstić information content (AvgIpc) is 2.07. The molecule has 0 radical (unpaired) electrons. The van der Waals surface area contributed by atoms with Gasteiger partial charge in [0.25, 0.3) is 0 Å². The monoisotopic (exact) mass is 168 g/mol. The Bertz CT molecular complexity index is 180. The van der Waals surface area contributed by atoms with Gasteiger partial charge < -0.3 is 4.74 Å². The van der Waals surface area contributed by atoms with E-state index in [9.17, 15) is 4.79 Å². The van der Waals surface area contributed by atoms with Crippen LogP contribution in [0.25, 0.3) is 0 Å². The van der Waals surface area contributed by atoms with E-state index in [2.05, 4.69) is 13.8 Å². The zero-order valence-corrected chi connectivity index (χ0v) is 7.75. The van der Waals surface area contributed by atoms with Crippen molar-refractivity contribution in [1.82, 2.24) is 0 Å². The zero-order valence-electron chi connectivity index (χ0n) is 7.75. The van der Waals surface area contributed by atoms with Crippen LogP contribution in [0.15, 0.2) is 12.3 Å². The molecule has 1 heterocycles. The zero-order chi connectivity index (χ0) is 8.97. The second kappa shape index (κ2) is 4.29. The molecular formula is C10H16O2. The lowest BCUT2D eigenvalue weighted by Gasteiger charge is -2.25. The molecule has 0 saturated heterocycles. The summed E-state index contributed by atoms with van der Waals surface area (Å²) in [4.78, 5) is 11.0. The summed E-state index contributed by atoms with van der Waals surface area (Å²) in [5, 5.41) is 0. The van der Waals surface area contributed by atoms with Gasteiger partial charge in [-0.2, -0.15) is 0 Å². The van der Waals surface area contributed by atoms with Gasteiger partial charge in [-0.3, -0.25) is 4.79 Å². The van der Waals surface area contributed by atoms with Crippen LogP contribution in [0.2, 0.25) is 0 Å². The van der Waals surface area contributed by atoms with Gasteiger partial charge in [0.2, 0.25) is 0 Å². The Hall–Kier alpha value is -0.790. The minimum absolute atomic E-state index is 0.123. The molecule has 1 atom stereocenters. The third-order valence-corrected chi connectivity index (χ3v) is 2.48. The standard InChI is InChI=1S/C10H16O2/c1-3-8(4-2)10-7-9(11)5-6-12-10/h5-6,8,10H,3-4,7H2,1-2H3. The second-order valence-electron chi connectivity index (χ2n) is 3.22. The van der Waals surface area contributed by atoms with Crippen LogP contribution in [0.5, 0.6) is 0 Å². The Morgan fingerprint density at radius 1 is 1.58 bits per heavy atom. The number of rotatable bonds is 3. The molecule has 0 N–H and O–H groups in total. The van der Waals surface area contributed by atoms with E-state index in [1.54, 1.807) is 0 Å². The highest BCUT2D eigenvalue weighted by atomic mass is 16.5. The molecule has 0 aromatic carbocycles. The summed E-state index contributed by atoms with van der Waals surface area (Å²) < 4.78 is 5.39. The third-order valence-electron chi connectivity index (χ3n) is 2.48. The van der Waals surface area contributed by atoms with Crippen LogP contribution in [0, 0.1) is 5.92 Å². The normalized spacial score (nSPS) is 22.9. The summed E-state index contributed by atoms with van der Waals surface area (Å²) in [6.45, 7) is 4.28. The van der Waals surface area contributed by atoms with Crippen LogP contribution in [0.1, 0.15) is 33.1 Å². The molecule has 1 aliphatic rings. The first-order valence-corrected chi connectivity index (χ1v) is 4.62. The fraction of sp³-hybridized carbons (Fsp3) is 0.700. The molecule has 0 aromatic heterocycles. The van der Waals surface area contributed by atoms with Gasteiger partial charge in [-0.05, 0) is 18.8 Å². The first-order chi connectivity index (χ1) is 5.77. The Labute approximate surface area is 73.6 Å². The molecule has 2 nitrogen and oxygen atoms in total. The first-order valence-electron chi connectivity index (χ1n) is 4.62. The quantitative estimate of drug-likeness (QED) is 0.646. The van der Waals surface area contributed by atoms with Crippen molar-refractivity contribution in [3.63, 3.8) is 0 Å². The maximum Gasteiger partial charge on any atom is 0.162 e. The molecule has 0 spiro atoms. The van der Waals surface area contributed by atoms with Gasteiger partial charge in [0.1, 0.15) is 6.10 Å². The van der Waals surface area contributed by atoms with E-state index in [1.807, 2.05) is 0 Å². The van der Waals surface area contributed by atoms with Gasteiger partial charge >= 0.3 is 0 Å². The lowest BCUT2D eigenvalue weighted by molar-refractivity contribution is -0.119. The number of carbonyl (C=O) groups excluding carboxylic acids is 1. The van der Waals surface area contributed by atoms with Crippen LogP contribution in [0.3, 0.4) is 0 Å². The molecule has 68 valence electrons. The van der Waals surface area contributed by atoms with Gasteiger partial charge in [0.15, 0.2) is 5.78 Å². The topological polar surface area (TPSA) is 26.3 Å². The first kappa shape index (κ1) is 9.30. The highest BCUT2D eigenvalue weighted by molar-refractivity contribution is 5.90. The molecule has 1 rings (SSSR count). The Morgan fingerprint density at radius 2 is 2.25 bits per heavy atom. The third kappa shape index (κ3) is 2.10. The average molecular weight is 168 g/mol. The van der Waals surface area contributed by atoms with E-state index in [4.69, 9.17) is 4.74 Å². The van der Waals surface area contributed by atoms with Crippen LogP contribution in [0.4, 0.5) is 0 Å². The van der Waals surface area contributed by atoms with Gasteiger partial charge in [-0.1, -0.05) is 13.8 Å². The predicted octanol–water partition coefficient (Wildman–Crippen LogP) is 2.29. The van der Waals surface area contributed by atoms with Crippen LogP contribution in [-0.2, 0) is 9.53 Å². The van der Waals surface area contributed by atoms with Crippen molar-refractivity contribution < 1.29 is 9.53 Å². The highest BCUT2D eigenvalue weighted by Crippen LogP contribution is 2.22. The van der Waals surface area contributed by atoms with E-state index in [0.717, 1.165) is 12.8 Å². The molecule has 0 saturated carbocycles. The lowest BCUT2D eigenvalue weighted by Crippen LogP contribution is -2.26. The van der Waals surface area contributed by atoms with Crippen molar-refractivity contribution >= 4 is 5.78 Å². The van der Waals surface area contributed by atoms with Crippen molar-refractivity contribution in [2.24, 2.45) is 5.92 Å². The van der Waals surface area contributed by atoms with Crippen LogP contribution in [-0.4, -0.2) is 11.9 Å². The smallest absolute Gasteiger partial charge is 0.162 e. The SMILES string of the molecule is CCC(CC)C1CC(=O)C=CO1. The van der Waals surface area contributed by atoms with Crippen LogP contribution >= 0.6 is 0 Å². The molecular weight excluding hydrogens is 152 g/mol.